The zero-order chi connectivity index (χ0) is 17.4. The summed E-state index contributed by atoms with van der Waals surface area (Å²) in [5, 5.41) is 4.61. The quantitative estimate of drug-likeness (QED) is 0.572. The van der Waals surface area contributed by atoms with Crippen LogP contribution < -0.4 is 10.1 Å². The monoisotopic (exact) mass is 366 g/mol. The van der Waals surface area contributed by atoms with Crippen LogP contribution >= 0.6 is 23.1 Å². The fourth-order valence-electron chi connectivity index (χ4n) is 1.86. The normalized spacial score (nSPS) is 10.2. The van der Waals surface area contributed by atoms with E-state index in [1.807, 2.05) is 12.1 Å². The number of ether oxygens (including phenoxy) is 2. The Labute approximate surface area is 148 Å². The first-order valence-electron chi connectivity index (χ1n) is 7.28. The zero-order valence-electron chi connectivity index (χ0n) is 13.4. The molecule has 0 aliphatic carbocycles. The van der Waals surface area contributed by atoms with E-state index in [-0.39, 0.29) is 24.1 Å². The van der Waals surface area contributed by atoms with Gasteiger partial charge in [-0.25, -0.2) is 4.98 Å². The number of amides is 1. The van der Waals surface area contributed by atoms with Crippen molar-refractivity contribution in [3.05, 3.63) is 35.3 Å². The maximum Gasteiger partial charge on any atom is 0.311 e. The van der Waals surface area contributed by atoms with E-state index in [1.54, 1.807) is 31.5 Å². The summed E-state index contributed by atoms with van der Waals surface area (Å²) >= 11 is 2.73. The van der Waals surface area contributed by atoms with E-state index in [2.05, 4.69) is 10.3 Å². The molecule has 1 heterocycles. The predicted molar refractivity (Wildman–Crippen MR) is 94.8 cm³/mol. The van der Waals surface area contributed by atoms with Crippen molar-refractivity contribution in [2.75, 3.05) is 24.8 Å². The average molecular weight is 366 g/mol. The Morgan fingerprint density at radius 2 is 2.12 bits per heavy atom. The molecule has 0 bridgehead atoms. The minimum Gasteiger partial charge on any atom is -0.495 e. The molecule has 1 aromatic carbocycles. The van der Waals surface area contributed by atoms with Crippen molar-refractivity contribution in [1.29, 1.82) is 0 Å². The lowest BCUT2D eigenvalue weighted by molar-refractivity contribution is -0.142. The number of benzene rings is 1. The standard InChI is InChI=1S/C16H18N2O4S2/c1-3-22-15(20)8-11-9-23-16(17-11)24-10-14(19)18-12-6-4-5-7-13(12)21-2/h4-7,9H,3,8,10H2,1-2H3,(H,18,19). The number of rotatable bonds is 8. The molecule has 0 aliphatic heterocycles. The number of methoxy groups -OCH3 is 1. The highest BCUT2D eigenvalue weighted by atomic mass is 32.2. The number of hydrogen-bond acceptors (Lipinski definition) is 7. The average Bonchev–Trinajstić information content (AvgIpc) is 3.01. The van der Waals surface area contributed by atoms with Gasteiger partial charge in [0.05, 0.1) is 37.3 Å². The van der Waals surface area contributed by atoms with Crippen molar-refractivity contribution in [3.8, 4) is 5.75 Å². The van der Waals surface area contributed by atoms with Crippen molar-refractivity contribution in [2.45, 2.75) is 17.7 Å². The molecule has 24 heavy (non-hydrogen) atoms. The number of hydrogen-bond donors (Lipinski definition) is 1. The Bertz CT molecular complexity index is 703. The van der Waals surface area contributed by atoms with E-state index in [0.717, 1.165) is 4.34 Å². The lowest BCUT2D eigenvalue weighted by Crippen LogP contribution is -2.14. The first-order chi connectivity index (χ1) is 11.6. The number of carbonyl (C=O) groups is 2. The Hall–Kier alpha value is -2.06. The summed E-state index contributed by atoms with van der Waals surface area (Å²) in [6, 6.07) is 7.23. The van der Waals surface area contributed by atoms with Gasteiger partial charge in [0, 0.05) is 5.38 Å². The molecule has 0 saturated carbocycles. The van der Waals surface area contributed by atoms with Gasteiger partial charge in [-0.1, -0.05) is 23.9 Å². The van der Waals surface area contributed by atoms with Crippen LogP contribution in [-0.2, 0) is 20.7 Å². The van der Waals surface area contributed by atoms with Crippen molar-refractivity contribution in [2.24, 2.45) is 0 Å². The van der Waals surface area contributed by atoms with E-state index in [0.29, 0.717) is 23.7 Å². The Morgan fingerprint density at radius 1 is 1.33 bits per heavy atom. The number of thiazole rings is 1. The molecular weight excluding hydrogens is 348 g/mol. The number of anilines is 1. The van der Waals surface area contributed by atoms with Crippen molar-refractivity contribution in [1.82, 2.24) is 4.98 Å². The largest absolute Gasteiger partial charge is 0.495 e. The van der Waals surface area contributed by atoms with Crippen molar-refractivity contribution < 1.29 is 19.1 Å². The van der Waals surface area contributed by atoms with Gasteiger partial charge in [0.15, 0.2) is 4.34 Å². The number of aromatic nitrogens is 1. The van der Waals surface area contributed by atoms with Gasteiger partial charge < -0.3 is 14.8 Å². The fourth-order valence-corrected chi connectivity index (χ4v) is 3.50. The molecule has 0 fully saturated rings. The highest BCUT2D eigenvalue weighted by molar-refractivity contribution is 8.01. The Balaban J connectivity index is 1.84. The molecule has 2 aromatic rings. The molecular formula is C16H18N2O4S2. The molecule has 0 saturated heterocycles. The van der Waals surface area contributed by atoms with Crippen LogP contribution in [0.15, 0.2) is 34.0 Å². The van der Waals surface area contributed by atoms with Crippen LogP contribution in [0.5, 0.6) is 5.75 Å². The summed E-state index contributed by atoms with van der Waals surface area (Å²) in [6.07, 6.45) is 0.151. The molecule has 0 aliphatic rings. The highest BCUT2D eigenvalue weighted by Crippen LogP contribution is 2.25. The summed E-state index contributed by atoms with van der Waals surface area (Å²) in [5.41, 5.74) is 1.29. The molecule has 0 unspecified atom stereocenters. The smallest absolute Gasteiger partial charge is 0.311 e. The molecule has 0 radical (unpaired) electrons. The van der Waals surface area contributed by atoms with E-state index in [9.17, 15) is 9.59 Å². The van der Waals surface area contributed by atoms with Crippen LogP contribution in [0.2, 0.25) is 0 Å². The highest BCUT2D eigenvalue weighted by Gasteiger charge is 2.11. The van der Waals surface area contributed by atoms with Crippen LogP contribution in [0.3, 0.4) is 0 Å². The maximum atomic E-state index is 12.0. The number of para-hydroxylation sites is 2. The second-order valence-electron chi connectivity index (χ2n) is 4.62. The molecule has 1 amide bonds. The third-order valence-corrected chi connectivity index (χ3v) is 4.94. The van der Waals surface area contributed by atoms with Crippen LogP contribution in [0.4, 0.5) is 5.69 Å². The molecule has 6 nitrogen and oxygen atoms in total. The molecule has 8 heteroatoms. The van der Waals surface area contributed by atoms with Crippen molar-refractivity contribution in [3.63, 3.8) is 0 Å². The van der Waals surface area contributed by atoms with Gasteiger partial charge in [-0.2, -0.15) is 0 Å². The molecule has 1 N–H and O–H groups in total. The van der Waals surface area contributed by atoms with Gasteiger partial charge in [0.2, 0.25) is 5.91 Å². The van der Waals surface area contributed by atoms with Gasteiger partial charge >= 0.3 is 5.97 Å². The van der Waals surface area contributed by atoms with Crippen LogP contribution in [0.1, 0.15) is 12.6 Å². The lowest BCUT2D eigenvalue weighted by atomic mass is 10.3. The molecule has 2 rings (SSSR count). The summed E-state index contributed by atoms with van der Waals surface area (Å²) in [4.78, 5) is 27.8. The van der Waals surface area contributed by atoms with Gasteiger partial charge in [-0.3, -0.25) is 9.59 Å². The van der Waals surface area contributed by atoms with E-state index >= 15 is 0 Å². The van der Waals surface area contributed by atoms with E-state index < -0.39 is 0 Å². The predicted octanol–water partition coefficient (Wildman–Crippen LogP) is 2.99. The SMILES string of the molecule is CCOC(=O)Cc1csc(SCC(=O)Nc2ccccc2OC)n1. The number of thioether (sulfide) groups is 1. The summed E-state index contributed by atoms with van der Waals surface area (Å²) in [5.74, 6) is 0.395. The van der Waals surface area contributed by atoms with Gasteiger partial charge in [0.1, 0.15) is 5.75 Å². The van der Waals surface area contributed by atoms with Crippen LogP contribution in [0, 0.1) is 0 Å². The summed E-state index contributed by atoms with van der Waals surface area (Å²) in [6.45, 7) is 2.12. The molecule has 1 aromatic heterocycles. The first kappa shape index (κ1) is 18.3. The topological polar surface area (TPSA) is 77.5 Å². The van der Waals surface area contributed by atoms with Crippen molar-refractivity contribution >= 4 is 40.7 Å². The van der Waals surface area contributed by atoms with Gasteiger partial charge in [-0.15, -0.1) is 11.3 Å². The van der Waals surface area contributed by atoms with Gasteiger partial charge in [-0.05, 0) is 19.1 Å². The fraction of sp³-hybridized carbons (Fsp3) is 0.312. The summed E-state index contributed by atoms with van der Waals surface area (Å²) in [7, 11) is 1.56. The van der Waals surface area contributed by atoms with Gasteiger partial charge in [0.25, 0.3) is 0 Å². The minimum atomic E-state index is -0.298. The molecule has 0 spiro atoms. The minimum absolute atomic E-state index is 0.147. The molecule has 0 atom stereocenters. The molecule has 128 valence electrons. The van der Waals surface area contributed by atoms with Crippen LogP contribution in [0.25, 0.3) is 0 Å². The third-order valence-electron chi connectivity index (χ3n) is 2.87. The lowest BCUT2D eigenvalue weighted by Gasteiger charge is -2.09. The van der Waals surface area contributed by atoms with E-state index in [4.69, 9.17) is 9.47 Å². The van der Waals surface area contributed by atoms with E-state index in [1.165, 1.54) is 23.1 Å². The second kappa shape index (κ2) is 9.29. The Kier molecular flexibility index (Phi) is 7.07. The summed E-state index contributed by atoms with van der Waals surface area (Å²) < 4.78 is 10.8. The second-order valence-corrected chi connectivity index (χ2v) is 6.70. The maximum absolute atomic E-state index is 12.0. The number of esters is 1. The number of nitrogens with zero attached hydrogens (tertiary/aromatic N) is 1. The third kappa shape index (κ3) is 5.54. The van der Waals surface area contributed by atoms with Crippen LogP contribution in [-0.4, -0.2) is 36.3 Å². The number of nitrogens with one attached hydrogen (secondary N) is 1. The first-order valence-corrected chi connectivity index (χ1v) is 9.14. The Morgan fingerprint density at radius 3 is 2.88 bits per heavy atom. The zero-order valence-corrected chi connectivity index (χ0v) is 15.0. The number of carbonyl (C=O) groups excluding carboxylic acids is 2.